The minimum atomic E-state index is -1.64. The van der Waals surface area contributed by atoms with Gasteiger partial charge >= 0.3 is 0 Å². The summed E-state index contributed by atoms with van der Waals surface area (Å²) in [7, 11) is 8.90. The molecule has 9 atom stereocenters. The standard InChI is InChI=1S/C78H103FN12O16/c1-48-72(99)88-64(47-84-70(97)28-33-106-35-36-107-34-32-91(5,6)7)74(101)86-62-39-53-11-9-12-54(37-53)45-83-68(95)24-23-65(89(4)75(102)55(41-66(62)93)40-56-46-81-61-22-19-57(79)42-60(56)61)67(94)43-59(49(2)92)73(100)87-63(38-51-17-20-58(105-8)21-18-51)76(103)90-31-10-29-78(90,3)77(104)80-30-27-50-13-15-52(16-14-50)44-82-69(96)25-26-71(98)85-48/h9,11-22,37,42,46,48-49,55,59,62-65,81,92H,10,23-36,38-41,43-45,47H2,1-8H3,(H7-,80,82,83,84,85,86,87,88,95,96,97,98,99,100,101,104)/p+1/t48-,49+,55+,59-,62-,63-,64+,65?,78-/m0/s1. The van der Waals surface area contributed by atoms with Gasteiger partial charge in [-0.3, -0.25) is 57.5 Å². The Bertz CT molecular complexity index is 3970. The van der Waals surface area contributed by atoms with Gasteiger partial charge in [-0.2, -0.15) is 0 Å². The molecule has 4 aromatic carbocycles. The maximum Gasteiger partial charge on any atom is 0.246 e. The van der Waals surface area contributed by atoms with E-state index in [2.05, 4.69) is 47.5 Å². The summed E-state index contributed by atoms with van der Waals surface area (Å²) >= 11 is 0. The van der Waals surface area contributed by atoms with Gasteiger partial charge in [-0.1, -0.05) is 60.7 Å². The van der Waals surface area contributed by atoms with Gasteiger partial charge < -0.3 is 81.1 Å². The second kappa shape index (κ2) is 39.0. The van der Waals surface area contributed by atoms with Crippen molar-refractivity contribution in [1.82, 2.24) is 57.3 Å². The number of quaternary nitrogens is 1. The van der Waals surface area contributed by atoms with Crippen LogP contribution in [-0.2, 0) is 106 Å². The molecule has 0 aliphatic carbocycles. The number of ketones is 2. The van der Waals surface area contributed by atoms with E-state index in [1.54, 1.807) is 73.8 Å². The minimum absolute atomic E-state index is 0.0317. The highest BCUT2D eigenvalue weighted by Gasteiger charge is 2.48. The third-order valence-corrected chi connectivity index (χ3v) is 19.9. The first-order chi connectivity index (χ1) is 51.0. The van der Waals surface area contributed by atoms with Crippen LogP contribution in [0.15, 0.2) is 97.2 Å². The fourth-order valence-electron chi connectivity index (χ4n) is 13.3. The smallest absolute Gasteiger partial charge is 0.246 e. The highest BCUT2D eigenvalue weighted by Crippen LogP contribution is 2.32. The predicted octanol–water partition coefficient (Wildman–Crippen LogP) is 2.47. The molecule has 0 saturated carbocycles. The first-order valence-electron chi connectivity index (χ1n) is 36.6. The number of likely N-dealkylation sites (N-methyl/N-ethyl adjacent to an activating group) is 2. The molecule has 29 heteroatoms. The normalized spacial score (nSPS) is 23.4. The van der Waals surface area contributed by atoms with E-state index >= 15 is 33.2 Å². The van der Waals surface area contributed by atoms with Crippen LogP contribution in [0.1, 0.15) is 112 Å². The number of carbonyl (C=O) groups excluding carboxylic acids is 12. The van der Waals surface area contributed by atoms with Crippen LogP contribution in [0.4, 0.5) is 4.39 Å². The Morgan fingerprint density at radius 1 is 0.692 bits per heavy atom. The molecule has 6 bridgehead atoms. The number of aromatic nitrogens is 1. The number of hydrogen-bond donors (Lipinski definition) is 10. The van der Waals surface area contributed by atoms with Crippen LogP contribution in [0.3, 0.4) is 0 Å². The lowest BCUT2D eigenvalue weighted by Crippen LogP contribution is -2.60. The number of halogens is 1. The maximum absolute atomic E-state index is 15.7. The first kappa shape index (κ1) is 82.7. The Hall–Kier alpha value is -9.97. The molecule has 9 rings (SSSR count). The number of hydrogen-bond acceptors (Lipinski definition) is 16. The van der Waals surface area contributed by atoms with Gasteiger partial charge in [0.1, 0.15) is 41.8 Å². The average molecular weight is 1480 g/mol. The highest BCUT2D eigenvalue weighted by atomic mass is 19.1. The van der Waals surface area contributed by atoms with E-state index in [1.165, 1.54) is 51.1 Å². The van der Waals surface area contributed by atoms with Crippen molar-refractivity contribution < 1.29 is 85.7 Å². The van der Waals surface area contributed by atoms with Gasteiger partial charge in [0.15, 0.2) is 11.6 Å². The Morgan fingerprint density at radius 3 is 2.07 bits per heavy atom. The molecule has 1 fully saturated rings. The summed E-state index contributed by atoms with van der Waals surface area (Å²) in [4.78, 5) is 180. The molecular weight excluding hydrogens is 1380 g/mol. The number of aliphatic hydroxyl groups excluding tert-OH is 1. The summed E-state index contributed by atoms with van der Waals surface area (Å²) in [6.07, 6.45) is -2.35. The number of methoxy groups -OCH3 is 1. The number of aliphatic hydroxyl groups is 1. The topological polar surface area (TPSA) is 371 Å². The number of aromatic amines is 1. The number of ether oxygens (including phenoxy) is 3. The Morgan fingerprint density at radius 2 is 1.36 bits per heavy atom. The highest BCUT2D eigenvalue weighted by molar-refractivity contribution is 6.00. The zero-order valence-corrected chi connectivity index (χ0v) is 62.4. The molecule has 10 amide bonds. The molecule has 5 heterocycles. The third-order valence-electron chi connectivity index (χ3n) is 19.9. The fraction of sp³-hybridized carbons (Fsp3) is 0.513. The van der Waals surface area contributed by atoms with Gasteiger partial charge in [-0.15, -0.1) is 0 Å². The number of nitrogens with one attached hydrogen (secondary N) is 9. The number of Topliss-reactive ketones (excluding diaryl/α,β-unsaturated/α-hetero) is 2. The molecule has 28 nitrogen and oxygen atoms in total. The molecule has 1 saturated heterocycles. The predicted molar refractivity (Wildman–Crippen MR) is 394 cm³/mol. The number of H-pyrrole nitrogens is 1. The summed E-state index contributed by atoms with van der Waals surface area (Å²) in [5.41, 5.74) is 2.70. The van der Waals surface area contributed by atoms with E-state index in [4.69, 9.17) is 14.2 Å². The summed E-state index contributed by atoms with van der Waals surface area (Å²) in [5, 5.41) is 34.0. The van der Waals surface area contributed by atoms with Crippen LogP contribution in [-0.4, -0.2) is 225 Å². The molecule has 5 aromatic rings. The van der Waals surface area contributed by atoms with Crippen LogP contribution in [0.5, 0.6) is 5.75 Å². The quantitative estimate of drug-likeness (QED) is 0.0363. The van der Waals surface area contributed by atoms with Gasteiger partial charge in [-0.05, 0) is 123 Å². The zero-order valence-electron chi connectivity index (χ0n) is 62.4. The lowest BCUT2D eigenvalue weighted by atomic mass is 9.87. The third kappa shape index (κ3) is 24.5. The van der Waals surface area contributed by atoms with Gasteiger partial charge in [0.05, 0.1) is 78.8 Å². The maximum atomic E-state index is 15.7. The first-order valence-corrected chi connectivity index (χ1v) is 36.6. The Balaban J connectivity index is 1.15. The molecule has 1 aromatic heterocycles. The van der Waals surface area contributed by atoms with Crippen LogP contribution in [0.2, 0.25) is 0 Å². The lowest BCUT2D eigenvalue weighted by molar-refractivity contribution is -0.870. The summed E-state index contributed by atoms with van der Waals surface area (Å²) in [6, 6.07) is 17.4. The van der Waals surface area contributed by atoms with E-state index in [1.807, 2.05) is 33.3 Å². The van der Waals surface area contributed by atoms with Crippen molar-refractivity contribution in [2.45, 2.75) is 159 Å². The van der Waals surface area contributed by atoms with Crippen molar-refractivity contribution in [3.63, 3.8) is 0 Å². The van der Waals surface area contributed by atoms with E-state index in [0.717, 1.165) is 22.6 Å². The number of nitrogens with zero attached hydrogens (tertiary/aromatic N) is 3. The molecule has 10 N–H and O–H groups in total. The number of rotatable bonds is 17. The van der Waals surface area contributed by atoms with Crippen molar-refractivity contribution in [3.05, 3.63) is 136 Å². The number of benzene rings is 4. The molecule has 1 unspecified atom stereocenters. The monoisotopic (exact) mass is 1480 g/mol. The number of carbonyl (C=O) groups is 12. The van der Waals surface area contributed by atoms with E-state index in [-0.39, 0.29) is 104 Å². The van der Waals surface area contributed by atoms with Crippen LogP contribution >= 0.6 is 0 Å². The largest absolute Gasteiger partial charge is 0.497 e. The number of fused-ring (bicyclic) bond motifs is 26. The molecule has 0 spiro atoms. The number of amides is 10. The van der Waals surface area contributed by atoms with Gasteiger partial charge in [-0.25, -0.2) is 4.39 Å². The molecule has 0 radical (unpaired) electrons. The second-order valence-corrected chi connectivity index (χ2v) is 29.2. The minimum Gasteiger partial charge on any atom is -0.497 e. The van der Waals surface area contributed by atoms with Crippen molar-refractivity contribution in [2.75, 3.05) is 87.9 Å². The summed E-state index contributed by atoms with van der Waals surface area (Å²) < 4.78 is 32.5. The SMILES string of the molecule is COc1ccc(C[C@@H]2NC(=O)[C@H]([C@@H](C)O)CC(=O)C3CCC(=O)NCc4cccc(c4)C[C@H](NC(=O)[C@@H](CNC(=O)CCOCCOCC[N+](C)(C)C)NC(=O)[C@H](C)NC(=O)CCC(=O)NCc4ccc(cc4)CCNC(=O)[C@]4(C)CCCN4C2=O)C(=O)C[C@@H](Cc2c[nH]c4ccc(F)cc24)C(=O)N3C)cc1. The average Bonchev–Trinajstić information content (AvgIpc) is 1.68. The van der Waals surface area contributed by atoms with Crippen molar-refractivity contribution >= 4 is 81.5 Å². The molecule has 4 aliphatic rings. The summed E-state index contributed by atoms with van der Waals surface area (Å²) in [5.74, 6) is -11.5. The van der Waals surface area contributed by atoms with E-state index in [0.29, 0.717) is 62.8 Å². The molecule has 578 valence electrons. The zero-order chi connectivity index (χ0) is 77.5. The van der Waals surface area contributed by atoms with E-state index < -0.39 is 150 Å². The van der Waals surface area contributed by atoms with E-state index in [9.17, 15) is 33.9 Å². The Labute approximate surface area is 623 Å². The molecule has 4 aliphatic heterocycles. The summed E-state index contributed by atoms with van der Waals surface area (Å²) in [6.45, 7) is 5.82. The fourth-order valence-corrected chi connectivity index (χ4v) is 13.3. The van der Waals surface area contributed by atoms with Crippen molar-refractivity contribution in [1.29, 1.82) is 0 Å². The van der Waals surface area contributed by atoms with Crippen LogP contribution in [0, 0.1) is 17.7 Å². The lowest BCUT2D eigenvalue weighted by Gasteiger charge is -2.37. The van der Waals surface area contributed by atoms with Gasteiger partial charge in [0, 0.05) is 108 Å². The van der Waals surface area contributed by atoms with Crippen molar-refractivity contribution in [2.24, 2.45) is 11.8 Å². The second-order valence-electron chi connectivity index (χ2n) is 29.2. The van der Waals surface area contributed by atoms with Crippen LogP contribution < -0.4 is 47.3 Å². The van der Waals surface area contributed by atoms with Crippen molar-refractivity contribution in [3.8, 4) is 5.75 Å². The van der Waals surface area contributed by atoms with Gasteiger partial charge in [0.25, 0.3) is 0 Å². The molecule has 107 heavy (non-hydrogen) atoms. The molecular formula is C78H104FN12O16+. The Kier molecular flexibility index (Phi) is 30.2. The van der Waals surface area contributed by atoms with Gasteiger partial charge in [0.2, 0.25) is 59.1 Å². The van der Waals surface area contributed by atoms with Crippen LogP contribution in [0.25, 0.3) is 10.9 Å².